The quantitative estimate of drug-likeness (QED) is 0.654. The van der Waals surface area contributed by atoms with Crippen molar-refractivity contribution < 1.29 is 0 Å². The van der Waals surface area contributed by atoms with E-state index in [1.165, 1.54) is 6.20 Å². The van der Waals surface area contributed by atoms with Gasteiger partial charge >= 0.3 is 0 Å². The van der Waals surface area contributed by atoms with Gasteiger partial charge in [0.15, 0.2) is 5.82 Å². The van der Waals surface area contributed by atoms with Crippen LogP contribution in [0.5, 0.6) is 0 Å². The van der Waals surface area contributed by atoms with Crippen molar-refractivity contribution >= 4 is 57.9 Å². The molecule has 3 aromatic rings. The van der Waals surface area contributed by atoms with Crippen LogP contribution in [0.1, 0.15) is 0 Å². The number of hydrogen-bond donors (Lipinski definition) is 2. The highest BCUT2D eigenvalue weighted by Gasteiger charge is 2.07. The Labute approximate surface area is 147 Å². The molecule has 0 fully saturated rings. The number of nitrogens with zero attached hydrogens (tertiary/aromatic N) is 3. The van der Waals surface area contributed by atoms with Crippen molar-refractivity contribution in [2.45, 2.75) is 0 Å². The molecule has 1 heterocycles. The van der Waals surface area contributed by atoms with Gasteiger partial charge in [-0.1, -0.05) is 40.9 Å². The van der Waals surface area contributed by atoms with Crippen molar-refractivity contribution in [3.63, 3.8) is 0 Å². The van der Waals surface area contributed by atoms with Crippen molar-refractivity contribution in [3.8, 4) is 0 Å². The summed E-state index contributed by atoms with van der Waals surface area (Å²) >= 11 is 18.0. The van der Waals surface area contributed by atoms with Gasteiger partial charge in [0.25, 0.3) is 0 Å². The maximum atomic E-state index is 6.14. The van der Waals surface area contributed by atoms with E-state index < -0.39 is 0 Å². The number of aromatic nitrogens is 3. The molecule has 0 atom stereocenters. The average Bonchev–Trinajstić information content (AvgIpc) is 2.54. The molecule has 5 nitrogen and oxygen atoms in total. The molecule has 0 saturated heterocycles. The van der Waals surface area contributed by atoms with Crippen LogP contribution < -0.4 is 10.6 Å². The van der Waals surface area contributed by atoms with Crippen LogP contribution >= 0.6 is 34.8 Å². The van der Waals surface area contributed by atoms with Crippen molar-refractivity contribution in [2.75, 3.05) is 10.6 Å². The van der Waals surface area contributed by atoms with E-state index in [1.54, 1.807) is 30.3 Å². The van der Waals surface area contributed by atoms with E-state index in [-0.39, 0.29) is 0 Å². The Hall–Kier alpha value is -2.08. The van der Waals surface area contributed by atoms with Gasteiger partial charge in [0.2, 0.25) is 5.95 Å². The van der Waals surface area contributed by atoms with Gasteiger partial charge in [-0.2, -0.15) is 10.1 Å². The molecule has 0 radical (unpaired) electrons. The lowest BCUT2D eigenvalue weighted by molar-refractivity contribution is 0.982. The highest BCUT2D eigenvalue weighted by atomic mass is 35.5. The van der Waals surface area contributed by atoms with Crippen LogP contribution in [-0.4, -0.2) is 15.2 Å². The molecule has 116 valence electrons. The molecule has 0 unspecified atom stereocenters. The van der Waals surface area contributed by atoms with E-state index in [0.29, 0.717) is 32.5 Å². The second-order valence-corrected chi connectivity index (χ2v) is 5.75. The zero-order chi connectivity index (χ0) is 16.2. The number of anilines is 4. The molecule has 23 heavy (non-hydrogen) atoms. The van der Waals surface area contributed by atoms with Crippen molar-refractivity contribution in [2.24, 2.45) is 0 Å². The third-order valence-electron chi connectivity index (χ3n) is 2.87. The van der Waals surface area contributed by atoms with Gasteiger partial charge in [0, 0.05) is 10.7 Å². The van der Waals surface area contributed by atoms with Gasteiger partial charge < -0.3 is 10.6 Å². The molecule has 0 bridgehead atoms. The second kappa shape index (κ2) is 7.00. The van der Waals surface area contributed by atoms with Crippen LogP contribution in [0, 0.1) is 0 Å². The predicted octanol–water partition coefficient (Wildman–Crippen LogP) is 5.32. The SMILES string of the molecule is Clc1ccc(Nc2nncc(Nc3cccc(Cl)c3Cl)n2)cc1. The lowest BCUT2D eigenvalue weighted by Gasteiger charge is -2.09. The van der Waals surface area contributed by atoms with Gasteiger partial charge in [0.1, 0.15) is 0 Å². The third-order valence-corrected chi connectivity index (χ3v) is 3.94. The van der Waals surface area contributed by atoms with Crippen molar-refractivity contribution in [1.29, 1.82) is 0 Å². The fourth-order valence-electron chi connectivity index (χ4n) is 1.82. The summed E-state index contributed by atoms with van der Waals surface area (Å²) in [6, 6.07) is 12.5. The van der Waals surface area contributed by atoms with Gasteiger partial charge in [-0.3, -0.25) is 0 Å². The molecule has 0 amide bonds. The fraction of sp³-hybridized carbons (Fsp3) is 0. The number of halogens is 3. The Balaban J connectivity index is 1.79. The first kappa shape index (κ1) is 15.8. The van der Waals surface area contributed by atoms with E-state index in [0.717, 1.165) is 5.69 Å². The van der Waals surface area contributed by atoms with E-state index >= 15 is 0 Å². The molecule has 1 aromatic heterocycles. The first-order chi connectivity index (χ1) is 11.1. The summed E-state index contributed by atoms with van der Waals surface area (Å²) in [6.07, 6.45) is 1.49. The maximum absolute atomic E-state index is 6.14. The highest BCUT2D eigenvalue weighted by Crippen LogP contribution is 2.31. The largest absolute Gasteiger partial charge is 0.338 e. The summed E-state index contributed by atoms with van der Waals surface area (Å²) in [5.41, 5.74) is 1.44. The predicted molar refractivity (Wildman–Crippen MR) is 94.3 cm³/mol. The number of rotatable bonds is 4. The molecule has 2 N–H and O–H groups in total. The normalized spacial score (nSPS) is 10.4. The van der Waals surface area contributed by atoms with Crippen molar-refractivity contribution in [3.05, 3.63) is 63.7 Å². The van der Waals surface area contributed by atoms with E-state index in [4.69, 9.17) is 34.8 Å². The minimum Gasteiger partial charge on any atom is -0.338 e. The van der Waals surface area contributed by atoms with Gasteiger partial charge in [-0.05, 0) is 36.4 Å². The Kier molecular flexibility index (Phi) is 4.81. The lowest BCUT2D eigenvalue weighted by Crippen LogP contribution is -2.02. The van der Waals surface area contributed by atoms with Crippen LogP contribution in [0.3, 0.4) is 0 Å². The minimum absolute atomic E-state index is 0.343. The first-order valence-corrected chi connectivity index (χ1v) is 7.68. The molecule has 2 aromatic carbocycles. The minimum atomic E-state index is 0.343. The van der Waals surface area contributed by atoms with Crippen LogP contribution in [0.4, 0.5) is 23.1 Å². The summed E-state index contributed by atoms with van der Waals surface area (Å²) in [5.74, 6) is 0.830. The standard InChI is InChI=1S/C15H10Cl3N5/c16-9-4-6-10(7-5-9)20-15-22-13(8-19-23-15)21-12-3-1-2-11(17)14(12)18/h1-8H,(H2,20,21,22,23). The van der Waals surface area contributed by atoms with E-state index in [2.05, 4.69) is 25.8 Å². The third kappa shape index (κ3) is 4.01. The van der Waals surface area contributed by atoms with Crippen LogP contribution in [0.15, 0.2) is 48.7 Å². The molecule has 0 aliphatic rings. The maximum Gasteiger partial charge on any atom is 0.249 e. The first-order valence-electron chi connectivity index (χ1n) is 6.55. The summed E-state index contributed by atoms with van der Waals surface area (Å²) in [6.45, 7) is 0. The fourth-order valence-corrected chi connectivity index (χ4v) is 2.29. The zero-order valence-corrected chi connectivity index (χ0v) is 13.9. The molecule has 0 aliphatic carbocycles. The monoisotopic (exact) mass is 365 g/mol. The van der Waals surface area contributed by atoms with E-state index in [1.807, 2.05) is 12.1 Å². The summed E-state index contributed by atoms with van der Waals surface area (Å²) in [4.78, 5) is 4.33. The second-order valence-electron chi connectivity index (χ2n) is 4.52. The zero-order valence-electron chi connectivity index (χ0n) is 11.6. The van der Waals surface area contributed by atoms with Gasteiger partial charge in [-0.25, -0.2) is 0 Å². The van der Waals surface area contributed by atoms with Gasteiger partial charge in [0.05, 0.1) is 21.9 Å². The van der Waals surface area contributed by atoms with Crippen LogP contribution in [-0.2, 0) is 0 Å². The summed E-state index contributed by atoms with van der Waals surface area (Å²) < 4.78 is 0. The van der Waals surface area contributed by atoms with E-state index in [9.17, 15) is 0 Å². The molecule has 0 aliphatic heterocycles. The topological polar surface area (TPSA) is 62.7 Å². The van der Waals surface area contributed by atoms with Crippen LogP contribution in [0.2, 0.25) is 15.1 Å². The smallest absolute Gasteiger partial charge is 0.249 e. The van der Waals surface area contributed by atoms with Gasteiger partial charge in [-0.15, -0.1) is 5.10 Å². The molecule has 0 spiro atoms. The number of nitrogens with one attached hydrogen (secondary N) is 2. The highest BCUT2D eigenvalue weighted by molar-refractivity contribution is 6.43. The molecule has 8 heteroatoms. The Morgan fingerprint density at radius 1 is 0.870 bits per heavy atom. The average molecular weight is 367 g/mol. The summed E-state index contributed by atoms with van der Waals surface area (Å²) in [7, 11) is 0. The Morgan fingerprint density at radius 3 is 2.43 bits per heavy atom. The molecular formula is C15H10Cl3N5. The molecular weight excluding hydrogens is 357 g/mol. The molecule has 0 saturated carbocycles. The number of hydrogen-bond acceptors (Lipinski definition) is 5. The lowest BCUT2D eigenvalue weighted by atomic mass is 10.3. The summed E-state index contributed by atoms with van der Waals surface area (Å²) in [5, 5.41) is 15.5. The Bertz CT molecular complexity index is 824. The Morgan fingerprint density at radius 2 is 1.65 bits per heavy atom. The molecule has 3 rings (SSSR count). The van der Waals surface area contributed by atoms with Crippen molar-refractivity contribution in [1.82, 2.24) is 15.2 Å². The van der Waals surface area contributed by atoms with Crippen LogP contribution in [0.25, 0.3) is 0 Å². The number of benzene rings is 2.